The van der Waals surface area contributed by atoms with E-state index in [0.29, 0.717) is 0 Å². The highest BCUT2D eigenvalue weighted by Crippen LogP contribution is 2.27. The molecule has 96 valence electrons. The van der Waals surface area contributed by atoms with E-state index in [4.69, 9.17) is 0 Å². The van der Waals surface area contributed by atoms with Gasteiger partial charge in [-0.15, -0.1) is 0 Å². The molecular weight excluding hydrogens is 192 g/mol. The molecule has 1 rings (SSSR count). The molecule has 1 saturated carbocycles. The minimum Gasteiger partial charge on any atom is -0.0651 e. The molecule has 0 heterocycles. The summed E-state index contributed by atoms with van der Waals surface area (Å²) in [5.41, 5.74) is 0. The standard InChI is InChI=1S/C16H32/c1-4-16-11-7-10-14(2)8-5-6-9-15(3)12-13-16/h14-16H,4-13H2,1-3H3. The van der Waals surface area contributed by atoms with Gasteiger partial charge in [0.15, 0.2) is 0 Å². The molecule has 0 aromatic heterocycles. The van der Waals surface area contributed by atoms with Gasteiger partial charge in [-0.1, -0.05) is 85.0 Å². The Morgan fingerprint density at radius 2 is 1.25 bits per heavy atom. The van der Waals surface area contributed by atoms with E-state index >= 15 is 0 Å². The third-order valence-electron chi connectivity index (χ3n) is 4.60. The molecule has 0 radical (unpaired) electrons. The van der Waals surface area contributed by atoms with Crippen molar-refractivity contribution in [1.29, 1.82) is 0 Å². The van der Waals surface area contributed by atoms with Crippen molar-refractivity contribution in [1.82, 2.24) is 0 Å². The molecule has 1 fully saturated rings. The molecule has 0 amide bonds. The maximum absolute atomic E-state index is 2.46. The maximum atomic E-state index is 2.46. The van der Waals surface area contributed by atoms with Crippen LogP contribution in [0.4, 0.5) is 0 Å². The van der Waals surface area contributed by atoms with Gasteiger partial charge in [0, 0.05) is 0 Å². The lowest BCUT2D eigenvalue weighted by Gasteiger charge is -2.20. The van der Waals surface area contributed by atoms with E-state index in [2.05, 4.69) is 20.8 Å². The van der Waals surface area contributed by atoms with Crippen molar-refractivity contribution in [2.75, 3.05) is 0 Å². The van der Waals surface area contributed by atoms with Crippen LogP contribution in [0.2, 0.25) is 0 Å². The topological polar surface area (TPSA) is 0 Å². The lowest BCUT2D eigenvalue weighted by Crippen LogP contribution is -2.06. The minimum absolute atomic E-state index is 0.976. The number of rotatable bonds is 1. The van der Waals surface area contributed by atoms with Crippen LogP contribution in [0.25, 0.3) is 0 Å². The fourth-order valence-electron chi connectivity index (χ4n) is 3.10. The van der Waals surface area contributed by atoms with Crippen LogP contribution in [0.15, 0.2) is 0 Å². The second-order valence-electron chi connectivity index (χ2n) is 6.28. The first-order valence-corrected chi connectivity index (χ1v) is 7.72. The van der Waals surface area contributed by atoms with Crippen molar-refractivity contribution >= 4 is 0 Å². The summed E-state index contributed by atoms with van der Waals surface area (Å²) in [6.45, 7) is 7.29. The van der Waals surface area contributed by atoms with E-state index in [1.807, 2.05) is 0 Å². The van der Waals surface area contributed by atoms with Gasteiger partial charge in [0.1, 0.15) is 0 Å². The molecular formula is C16H32. The lowest BCUT2D eigenvalue weighted by molar-refractivity contribution is 0.325. The Labute approximate surface area is 103 Å². The van der Waals surface area contributed by atoms with Gasteiger partial charge in [-0.2, -0.15) is 0 Å². The van der Waals surface area contributed by atoms with E-state index in [9.17, 15) is 0 Å². The first-order valence-electron chi connectivity index (χ1n) is 7.72. The second kappa shape index (κ2) is 8.14. The third kappa shape index (κ3) is 5.92. The Hall–Kier alpha value is 0. The first kappa shape index (κ1) is 14.1. The summed E-state index contributed by atoms with van der Waals surface area (Å²) in [6, 6.07) is 0. The summed E-state index contributed by atoms with van der Waals surface area (Å²) in [5, 5.41) is 0. The average Bonchev–Trinajstić information content (AvgIpc) is 2.27. The maximum Gasteiger partial charge on any atom is -0.0417 e. The predicted octanol–water partition coefficient (Wildman–Crippen LogP) is 5.81. The third-order valence-corrected chi connectivity index (χ3v) is 4.60. The van der Waals surface area contributed by atoms with Gasteiger partial charge in [0.2, 0.25) is 0 Å². The molecule has 0 nitrogen and oxygen atoms in total. The molecule has 0 heteroatoms. The molecule has 0 saturated heterocycles. The van der Waals surface area contributed by atoms with E-state index < -0.39 is 0 Å². The molecule has 1 aliphatic rings. The average molecular weight is 224 g/mol. The molecule has 0 spiro atoms. The second-order valence-corrected chi connectivity index (χ2v) is 6.28. The van der Waals surface area contributed by atoms with Crippen LogP contribution in [0.3, 0.4) is 0 Å². The van der Waals surface area contributed by atoms with Gasteiger partial charge in [-0.3, -0.25) is 0 Å². The fourth-order valence-corrected chi connectivity index (χ4v) is 3.10. The van der Waals surface area contributed by atoms with Crippen LogP contribution in [0.5, 0.6) is 0 Å². The predicted molar refractivity (Wildman–Crippen MR) is 73.7 cm³/mol. The lowest BCUT2D eigenvalue weighted by atomic mass is 9.86. The van der Waals surface area contributed by atoms with Crippen molar-refractivity contribution in [3.8, 4) is 0 Å². The van der Waals surface area contributed by atoms with Crippen molar-refractivity contribution in [3.63, 3.8) is 0 Å². The van der Waals surface area contributed by atoms with Gasteiger partial charge in [-0.25, -0.2) is 0 Å². The zero-order valence-electron chi connectivity index (χ0n) is 11.8. The van der Waals surface area contributed by atoms with E-state index in [-0.39, 0.29) is 0 Å². The fraction of sp³-hybridized carbons (Fsp3) is 1.00. The summed E-state index contributed by atoms with van der Waals surface area (Å²) in [7, 11) is 0. The summed E-state index contributed by atoms with van der Waals surface area (Å²) in [6.07, 6.45) is 14.7. The molecule has 0 aromatic rings. The highest BCUT2D eigenvalue weighted by molar-refractivity contribution is 4.65. The molecule has 0 N–H and O–H groups in total. The first-order chi connectivity index (χ1) is 7.72. The van der Waals surface area contributed by atoms with Gasteiger partial charge in [0.25, 0.3) is 0 Å². The molecule has 16 heavy (non-hydrogen) atoms. The van der Waals surface area contributed by atoms with E-state index in [1.54, 1.807) is 0 Å². The van der Waals surface area contributed by atoms with Gasteiger partial charge in [0.05, 0.1) is 0 Å². The Morgan fingerprint density at radius 1 is 0.688 bits per heavy atom. The molecule has 0 aromatic carbocycles. The summed E-state index contributed by atoms with van der Waals surface area (Å²) in [5.74, 6) is 2.98. The summed E-state index contributed by atoms with van der Waals surface area (Å²) >= 11 is 0. The van der Waals surface area contributed by atoms with E-state index in [1.165, 1.54) is 64.2 Å². The molecule has 3 unspecified atom stereocenters. The van der Waals surface area contributed by atoms with Crippen LogP contribution in [0, 0.1) is 17.8 Å². The minimum atomic E-state index is 0.976. The molecule has 1 aliphatic carbocycles. The van der Waals surface area contributed by atoms with Crippen LogP contribution in [0.1, 0.15) is 85.0 Å². The van der Waals surface area contributed by atoms with Crippen molar-refractivity contribution in [2.24, 2.45) is 17.8 Å². The Kier molecular flexibility index (Phi) is 7.16. The number of hydrogen-bond acceptors (Lipinski definition) is 0. The van der Waals surface area contributed by atoms with Gasteiger partial charge in [-0.05, 0) is 17.8 Å². The van der Waals surface area contributed by atoms with E-state index in [0.717, 1.165) is 17.8 Å². The largest absolute Gasteiger partial charge is 0.0651 e. The van der Waals surface area contributed by atoms with Crippen LogP contribution < -0.4 is 0 Å². The molecule has 0 bridgehead atoms. The SMILES string of the molecule is CCC1CCCC(C)CCCCC(C)CC1. The van der Waals surface area contributed by atoms with Gasteiger partial charge >= 0.3 is 0 Å². The van der Waals surface area contributed by atoms with Crippen LogP contribution in [-0.2, 0) is 0 Å². The summed E-state index contributed by atoms with van der Waals surface area (Å²) < 4.78 is 0. The molecule has 0 aliphatic heterocycles. The molecule has 3 atom stereocenters. The summed E-state index contributed by atoms with van der Waals surface area (Å²) in [4.78, 5) is 0. The Morgan fingerprint density at radius 3 is 1.88 bits per heavy atom. The zero-order valence-corrected chi connectivity index (χ0v) is 11.8. The van der Waals surface area contributed by atoms with Crippen LogP contribution in [-0.4, -0.2) is 0 Å². The van der Waals surface area contributed by atoms with Crippen LogP contribution >= 0.6 is 0 Å². The number of hydrogen-bond donors (Lipinski definition) is 0. The quantitative estimate of drug-likeness (QED) is 0.527. The zero-order chi connectivity index (χ0) is 11.8. The Balaban J connectivity index is 2.35. The smallest absolute Gasteiger partial charge is 0.0417 e. The normalized spacial score (nSPS) is 35.1. The van der Waals surface area contributed by atoms with Crippen molar-refractivity contribution < 1.29 is 0 Å². The van der Waals surface area contributed by atoms with Gasteiger partial charge < -0.3 is 0 Å². The Bertz CT molecular complexity index is 161. The monoisotopic (exact) mass is 224 g/mol. The highest BCUT2D eigenvalue weighted by atomic mass is 14.2. The van der Waals surface area contributed by atoms with Crippen molar-refractivity contribution in [2.45, 2.75) is 85.0 Å². The van der Waals surface area contributed by atoms with Crippen molar-refractivity contribution in [3.05, 3.63) is 0 Å². The highest BCUT2D eigenvalue weighted by Gasteiger charge is 2.12.